The lowest BCUT2D eigenvalue weighted by Gasteiger charge is -2.18. The summed E-state index contributed by atoms with van der Waals surface area (Å²) in [6, 6.07) is 6.43. The molecule has 0 saturated heterocycles. The van der Waals surface area contributed by atoms with Crippen molar-refractivity contribution in [2.24, 2.45) is 5.73 Å². The van der Waals surface area contributed by atoms with Crippen molar-refractivity contribution in [1.82, 2.24) is 4.90 Å². The van der Waals surface area contributed by atoms with Gasteiger partial charge in [-0.05, 0) is 44.4 Å². The minimum atomic E-state index is -0.536. The zero-order valence-corrected chi connectivity index (χ0v) is 16.6. The number of hydrogen-bond donors (Lipinski definition) is 2. The Morgan fingerprint density at radius 3 is 2.60 bits per heavy atom. The van der Waals surface area contributed by atoms with Crippen LogP contribution in [0.4, 0.5) is 5.69 Å². The summed E-state index contributed by atoms with van der Waals surface area (Å²) in [6.07, 6.45) is 2.60. The van der Waals surface area contributed by atoms with Crippen molar-refractivity contribution in [1.29, 1.82) is 0 Å². The van der Waals surface area contributed by atoms with Crippen molar-refractivity contribution < 1.29 is 14.3 Å². The van der Waals surface area contributed by atoms with Crippen molar-refractivity contribution in [3.8, 4) is 5.75 Å². The van der Waals surface area contributed by atoms with Gasteiger partial charge in [-0.2, -0.15) is 11.8 Å². The molecule has 1 rings (SSSR count). The van der Waals surface area contributed by atoms with Gasteiger partial charge in [0.25, 0.3) is 5.91 Å². The molecule has 0 aliphatic heterocycles. The van der Waals surface area contributed by atoms with E-state index < -0.39 is 6.04 Å². The molecule has 0 aliphatic carbocycles. The molecule has 0 unspecified atom stereocenters. The summed E-state index contributed by atoms with van der Waals surface area (Å²) >= 11 is 1.66. The molecule has 142 valence electrons. The Bertz CT molecular complexity index is 542. The highest BCUT2D eigenvalue weighted by Gasteiger charge is 2.14. The Morgan fingerprint density at radius 1 is 1.32 bits per heavy atom. The molecular weight excluding hydrogens is 362 g/mol. The highest BCUT2D eigenvalue weighted by Crippen LogP contribution is 2.18. The van der Waals surface area contributed by atoms with Crippen molar-refractivity contribution in [3.05, 3.63) is 24.3 Å². The Kier molecular flexibility index (Phi) is 12.1. The third-order valence-corrected chi connectivity index (χ3v) is 4.19. The molecule has 0 aromatic heterocycles. The number of amides is 2. The van der Waals surface area contributed by atoms with Crippen LogP contribution in [0, 0.1) is 0 Å². The predicted octanol–water partition coefficient (Wildman–Crippen LogP) is 2.37. The third-order valence-electron chi connectivity index (χ3n) is 3.55. The molecule has 6 nitrogen and oxygen atoms in total. The normalized spacial score (nSPS) is 11.2. The number of nitrogens with zero attached hydrogens (tertiary/aromatic N) is 1. The van der Waals surface area contributed by atoms with Gasteiger partial charge in [-0.15, -0.1) is 12.4 Å². The van der Waals surface area contributed by atoms with Gasteiger partial charge in [0.05, 0.1) is 6.04 Å². The number of rotatable bonds is 10. The van der Waals surface area contributed by atoms with Crippen LogP contribution in [0.5, 0.6) is 5.75 Å². The smallest absolute Gasteiger partial charge is 0.260 e. The minimum Gasteiger partial charge on any atom is -0.484 e. The van der Waals surface area contributed by atoms with Gasteiger partial charge in [0.15, 0.2) is 6.61 Å². The molecule has 1 aromatic rings. The predicted molar refractivity (Wildman–Crippen MR) is 107 cm³/mol. The van der Waals surface area contributed by atoms with Gasteiger partial charge < -0.3 is 20.7 Å². The van der Waals surface area contributed by atoms with Crippen molar-refractivity contribution in [2.45, 2.75) is 26.3 Å². The number of nitrogens with two attached hydrogens (primary N) is 1. The van der Waals surface area contributed by atoms with Crippen LogP contribution >= 0.6 is 24.2 Å². The lowest BCUT2D eigenvalue weighted by atomic mass is 10.2. The van der Waals surface area contributed by atoms with E-state index in [1.807, 2.05) is 20.1 Å². The molecule has 25 heavy (non-hydrogen) atoms. The summed E-state index contributed by atoms with van der Waals surface area (Å²) < 4.78 is 5.52. The van der Waals surface area contributed by atoms with Crippen LogP contribution in [-0.4, -0.2) is 54.5 Å². The van der Waals surface area contributed by atoms with Gasteiger partial charge in [0.2, 0.25) is 5.91 Å². The molecule has 0 heterocycles. The third kappa shape index (κ3) is 8.47. The van der Waals surface area contributed by atoms with Crippen LogP contribution in [0.15, 0.2) is 24.3 Å². The second kappa shape index (κ2) is 12.9. The number of benzene rings is 1. The highest BCUT2D eigenvalue weighted by molar-refractivity contribution is 7.98. The van der Waals surface area contributed by atoms with Gasteiger partial charge in [0.1, 0.15) is 5.75 Å². The van der Waals surface area contributed by atoms with Gasteiger partial charge in [-0.25, -0.2) is 0 Å². The largest absolute Gasteiger partial charge is 0.484 e. The molecule has 1 atom stereocenters. The summed E-state index contributed by atoms with van der Waals surface area (Å²) in [5.41, 5.74) is 6.45. The van der Waals surface area contributed by atoms with Crippen molar-refractivity contribution >= 4 is 41.7 Å². The van der Waals surface area contributed by atoms with E-state index in [9.17, 15) is 9.59 Å². The number of anilines is 1. The van der Waals surface area contributed by atoms with E-state index >= 15 is 0 Å². The number of ether oxygens (including phenoxy) is 1. The van der Waals surface area contributed by atoms with Crippen molar-refractivity contribution in [2.75, 3.05) is 37.0 Å². The number of likely N-dealkylation sites (N-methyl/N-ethyl adjacent to an activating group) is 1. The minimum absolute atomic E-state index is 0. The molecule has 0 spiro atoms. The number of nitrogens with one attached hydrogen (secondary N) is 1. The summed E-state index contributed by atoms with van der Waals surface area (Å²) in [5, 5.41) is 2.78. The van der Waals surface area contributed by atoms with Crippen LogP contribution in [-0.2, 0) is 9.59 Å². The van der Waals surface area contributed by atoms with Crippen molar-refractivity contribution in [3.63, 3.8) is 0 Å². The number of thioether (sulfide) groups is 1. The zero-order valence-electron chi connectivity index (χ0n) is 15.0. The maximum Gasteiger partial charge on any atom is 0.260 e. The Balaban J connectivity index is 0.00000576. The van der Waals surface area contributed by atoms with E-state index in [-0.39, 0.29) is 30.8 Å². The average molecular weight is 390 g/mol. The quantitative estimate of drug-likeness (QED) is 0.641. The van der Waals surface area contributed by atoms with E-state index in [1.165, 1.54) is 0 Å². The highest BCUT2D eigenvalue weighted by atomic mass is 35.5. The number of halogens is 1. The number of carbonyl (C=O) groups is 2. The standard InChI is InChI=1S/C17H27N3O3S.ClH/c1-4-20(5-2)16(21)12-23-14-8-6-7-13(11-14)19-17(22)15(18)9-10-24-3;/h6-8,11,15H,4-5,9-10,12,18H2,1-3H3,(H,19,22);1H/t15-;/m0./s1. The molecule has 0 radical (unpaired) electrons. The van der Waals surface area contributed by atoms with Gasteiger partial charge in [-0.1, -0.05) is 6.07 Å². The van der Waals surface area contributed by atoms with E-state index in [4.69, 9.17) is 10.5 Å². The second-order valence-electron chi connectivity index (χ2n) is 5.26. The SMILES string of the molecule is CCN(CC)C(=O)COc1cccc(NC(=O)[C@@H](N)CCSC)c1.Cl. The van der Waals surface area contributed by atoms with E-state index in [0.29, 0.717) is 30.9 Å². The molecular formula is C17H28ClN3O3S. The molecule has 0 saturated carbocycles. The van der Waals surface area contributed by atoms with Crippen LogP contribution in [0.1, 0.15) is 20.3 Å². The molecule has 0 aliphatic rings. The Morgan fingerprint density at radius 2 is 2.00 bits per heavy atom. The Hall–Kier alpha value is -1.44. The molecule has 1 aromatic carbocycles. The van der Waals surface area contributed by atoms with Gasteiger partial charge >= 0.3 is 0 Å². The topological polar surface area (TPSA) is 84.7 Å². The maximum absolute atomic E-state index is 12.0. The van der Waals surface area contributed by atoms with Gasteiger partial charge in [-0.3, -0.25) is 9.59 Å². The summed E-state index contributed by atoms with van der Waals surface area (Å²) in [7, 11) is 0. The summed E-state index contributed by atoms with van der Waals surface area (Å²) in [4.78, 5) is 25.7. The fourth-order valence-corrected chi connectivity index (χ4v) is 2.58. The van der Waals surface area contributed by atoms with Gasteiger partial charge in [0, 0.05) is 24.8 Å². The van der Waals surface area contributed by atoms with E-state index in [1.54, 1.807) is 40.9 Å². The van der Waals surface area contributed by atoms with Crippen LogP contribution in [0.2, 0.25) is 0 Å². The number of hydrogen-bond acceptors (Lipinski definition) is 5. The first-order chi connectivity index (χ1) is 11.5. The van der Waals surface area contributed by atoms with E-state index in [0.717, 1.165) is 5.75 Å². The second-order valence-corrected chi connectivity index (χ2v) is 6.25. The molecule has 2 amide bonds. The molecule has 8 heteroatoms. The molecule has 0 fully saturated rings. The maximum atomic E-state index is 12.0. The lowest BCUT2D eigenvalue weighted by Crippen LogP contribution is -2.36. The monoisotopic (exact) mass is 389 g/mol. The lowest BCUT2D eigenvalue weighted by molar-refractivity contribution is -0.133. The molecule has 0 bridgehead atoms. The summed E-state index contributed by atoms with van der Waals surface area (Å²) in [6.45, 7) is 5.15. The number of carbonyl (C=O) groups excluding carboxylic acids is 2. The average Bonchev–Trinajstić information content (AvgIpc) is 2.59. The zero-order chi connectivity index (χ0) is 17.9. The summed E-state index contributed by atoms with van der Waals surface area (Å²) in [5.74, 6) is 1.09. The fourth-order valence-electron chi connectivity index (χ4n) is 2.09. The first-order valence-electron chi connectivity index (χ1n) is 8.07. The van der Waals surface area contributed by atoms with Crippen LogP contribution in [0.3, 0.4) is 0 Å². The van der Waals surface area contributed by atoms with Crippen LogP contribution < -0.4 is 15.8 Å². The molecule has 3 N–H and O–H groups in total. The first-order valence-corrected chi connectivity index (χ1v) is 9.47. The first kappa shape index (κ1) is 23.6. The Labute approximate surface area is 160 Å². The van der Waals surface area contributed by atoms with E-state index in [2.05, 4.69) is 5.32 Å². The van der Waals surface area contributed by atoms with Crippen LogP contribution in [0.25, 0.3) is 0 Å². The fraction of sp³-hybridized carbons (Fsp3) is 0.529.